The molecule has 78 valence electrons. The molecule has 0 saturated heterocycles. The van der Waals surface area contributed by atoms with E-state index in [0.717, 1.165) is 22.4 Å². The third-order valence-electron chi connectivity index (χ3n) is 2.16. The summed E-state index contributed by atoms with van der Waals surface area (Å²) in [6.07, 6.45) is 0. The van der Waals surface area contributed by atoms with Gasteiger partial charge in [-0.05, 0) is 35.0 Å². The Morgan fingerprint density at radius 2 is 2.20 bits per heavy atom. The van der Waals surface area contributed by atoms with Crippen molar-refractivity contribution in [2.75, 3.05) is 5.32 Å². The molecular formula is C11H11BrN2S. The minimum Gasteiger partial charge on any atom is -0.379 e. The van der Waals surface area contributed by atoms with Crippen molar-refractivity contribution in [3.05, 3.63) is 44.8 Å². The van der Waals surface area contributed by atoms with Crippen molar-refractivity contribution >= 4 is 33.0 Å². The zero-order valence-electron chi connectivity index (χ0n) is 8.33. The highest BCUT2D eigenvalue weighted by atomic mass is 79.9. The Morgan fingerprint density at radius 3 is 2.87 bits per heavy atom. The van der Waals surface area contributed by atoms with Gasteiger partial charge in [-0.3, -0.25) is 0 Å². The normalized spacial score (nSPS) is 10.3. The van der Waals surface area contributed by atoms with E-state index in [-0.39, 0.29) is 0 Å². The van der Waals surface area contributed by atoms with Crippen LogP contribution in [0.4, 0.5) is 5.69 Å². The maximum absolute atomic E-state index is 4.22. The number of aromatic nitrogens is 1. The van der Waals surface area contributed by atoms with Crippen molar-refractivity contribution in [3.8, 4) is 0 Å². The monoisotopic (exact) mass is 282 g/mol. The molecule has 0 unspecified atom stereocenters. The van der Waals surface area contributed by atoms with Crippen LogP contribution in [0.5, 0.6) is 0 Å². The first kappa shape index (κ1) is 10.6. The molecule has 1 aromatic carbocycles. The molecule has 1 heterocycles. The van der Waals surface area contributed by atoms with Crippen molar-refractivity contribution in [1.82, 2.24) is 4.98 Å². The van der Waals surface area contributed by atoms with Crippen LogP contribution in [0.3, 0.4) is 0 Å². The number of nitrogens with zero attached hydrogens (tertiary/aromatic N) is 1. The van der Waals surface area contributed by atoms with E-state index in [1.807, 2.05) is 30.6 Å². The van der Waals surface area contributed by atoms with Crippen LogP contribution < -0.4 is 5.32 Å². The van der Waals surface area contributed by atoms with Gasteiger partial charge in [-0.15, -0.1) is 11.3 Å². The summed E-state index contributed by atoms with van der Waals surface area (Å²) >= 11 is 5.19. The van der Waals surface area contributed by atoms with Gasteiger partial charge in [0.2, 0.25) is 0 Å². The molecule has 0 radical (unpaired) electrons. The highest BCUT2D eigenvalue weighted by molar-refractivity contribution is 9.10. The van der Waals surface area contributed by atoms with Gasteiger partial charge in [0.05, 0.1) is 17.7 Å². The molecule has 1 aromatic heterocycles. The Hall–Kier alpha value is -0.870. The van der Waals surface area contributed by atoms with Crippen LogP contribution in [0.25, 0.3) is 0 Å². The highest BCUT2D eigenvalue weighted by Gasteiger charge is 2.02. The second-order valence-corrected chi connectivity index (χ2v) is 4.99. The van der Waals surface area contributed by atoms with E-state index in [1.54, 1.807) is 11.3 Å². The van der Waals surface area contributed by atoms with Crippen LogP contribution in [-0.4, -0.2) is 4.98 Å². The smallest absolute Gasteiger partial charge is 0.0798 e. The van der Waals surface area contributed by atoms with Crippen LogP contribution in [0.1, 0.15) is 10.6 Å². The Kier molecular flexibility index (Phi) is 3.38. The fourth-order valence-electron chi connectivity index (χ4n) is 1.28. The number of hydrogen-bond acceptors (Lipinski definition) is 3. The van der Waals surface area contributed by atoms with Crippen LogP contribution in [-0.2, 0) is 6.54 Å². The highest BCUT2D eigenvalue weighted by Crippen LogP contribution is 2.22. The Morgan fingerprint density at radius 1 is 1.40 bits per heavy atom. The van der Waals surface area contributed by atoms with Gasteiger partial charge in [0, 0.05) is 15.0 Å². The summed E-state index contributed by atoms with van der Waals surface area (Å²) < 4.78 is 1.09. The first-order chi connectivity index (χ1) is 7.27. The molecule has 0 aliphatic rings. The molecule has 4 heteroatoms. The molecule has 0 bridgehead atoms. The predicted octanol–water partition coefficient (Wildman–Crippen LogP) is 3.83. The molecule has 2 nitrogen and oxygen atoms in total. The fourth-order valence-corrected chi connectivity index (χ4v) is 2.42. The van der Waals surface area contributed by atoms with Gasteiger partial charge in [-0.1, -0.05) is 12.1 Å². The van der Waals surface area contributed by atoms with Crippen LogP contribution in [0.2, 0.25) is 0 Å². The largest absolute Gasteiger partial charge is 0.379 e. The van der Waals surface area contributed by atoms with Gasteiger partial charge in [-0.25, -0.2) is 4.98 Å². The van der Waals surface area contributed by atoms with E-state index in [0.29, 0.717) is 0 Å². The third kappa shape index (κ3) is 2.58. The minimum atomic E-state index is 0.832. The molecule has 2 aromatic rings. The van der Waals surface area contributed by atoms with Crippen LogP contribution in [0.15, 0.2) is 34.2 Å². The average Bonchev–Trinajstić information content (AvgIpc) is 2.63. The number of anilines is 1. The molecule has 15 heavy (non-hydrogen) atoms. The second kappa shape index (κ2) is 4.77. The molecular weight excluding hydrogens is 272 g/mol. The number of halogens is 1. The predicted molar refractivity (Wildman–Crippen MR) is 68.3 cm³/mol. The van der Waals surface area contributed by atoms with E-state index in [4.69, 9.17) is 0 Å². The van der Waals surface area contributed by atoms with Crippen molar-refractivity contribution in [2.24, 2.45) is 0 Å². The first-order valence-corrected chi connectivity index (χ1v) is 6.32. The lowest BCUT2D eigenvalue weighted by Crippen LogP contribution is -1.99. The van der Waals surface area contributed by atoms with E-state index < -0.39 is 0 Å². The Bertz CT molecular complexity index is 453. The molecule has 2 rings (SSSR count). The summed E-state index contributed by atoms with van der Waals surface area (Å²) in [7, 11) is 0. The van der Waals surface area contributed by atoms with E-state index in [9.17, 15) is 0 Å². The number of hydrogen-bond donors (Lipinski definition) is 1. The maximum Gasteiger partial charge on any atom is 0.0798 e. The van der Waals surface area contributed by atoms with Crippen LogP contribution >= 0.6 is 27.3 Å². The molecule has 0 amide bonds. The maximum atomic E-state index is 4.22. The summed E-state index contributed by atoms with van der Waals surface area (Å²) in [5.41, 5.74) is 4.11. The van der Waals surface area contributed by atoms with Crippen LogP contribution in [0, 0.1) is 6.92 Å². The lowest BCUT2D eigenvalue weighted by molar-refractivity contribution is 1.12. The standard InChI is InChI=1S/C11H11BrN2S/c1-8-11(15-7-14-8)6-13-10-5-3-2-4-9(10)12/h2-5,7,13H,6H2,1H3. The van der Waals surface area contributed by atoms with Gasteiger partial charge in [0.15, 0.2) is 0 Å². The Balaban J connectivity index is 2.06. The third-order valence-corrected chi connectivity index (χ3v) is 3.78. The summed E-state index contributed by atoms with van der Waals surface area (Å²) in [5, 5.41) is 3.38. The fraction of sp³-hybridized carbons (Fsp3) is 0.182. The number of thiazole rings is 1. The zero-order chi connectivity index (χ0) is 10.7. The van der Waals surface area contributed by atoms with Crippen molar-refractivity contribution in [3.63, 3.8) is 0 Å². The zero-order valence-corrected chi connectivity index (χ0v) is 10.7. The Labute approximate surface area is 101 Å². The molecule has 1 N–H and O–H groups in total. The number of aryl methyl sites for hydroxylation is 1. The van der Waals surface area contributed by atoms with Gasteiger partial charge in [-0.2, -0.15) is 0 Å². The minimum absolute atomic E-state index is 0.832. The quantitative estimate of drug-likeness (QED) is 0.926. The lowest BCUT2D eigenvalue weighted by Gasteiger charge is -2.06. The van der Waals surface area contributed by atoms with E-state index in [1.165, 1.54) is 4.88 Å². The van der Waals surface area contributed by atoms with E-state index in [2.05, 4.69) is 32.3 Å². The van der Waals surface area contributed by atoms with Gasteiger partial charge >= 0.3 is 0 Å². The first-order valence-electron chi connectivity index (χ1n) is 4.65. The topological polar surface area (TPSA) is 24.9 Å². The van der Waals surface area contributed by atoms with Crippen molar-refractivity contribution < 1.29 is 0 Å². The summed E-state index contributed by atoms with van der Waals surface area (Å²) in [6.45, 7) is 2.87. The van der Waals surface area contributed by atoms with Crippen molar-refractivity contribution in [1.29, 1.82) is 0 Å². The molecule has 0 aliphatic carbocycles. The second-order valence-electron chi connectivity index (χ2n) is 3.19. The molecule has 0 fully saturated rings. The van der Waals surface area contributed by atoms with Crippen molar-refractivity contribution in [2.45, 2.75) is 13.5 Å². The van der Waals surface area contributed by atoms with Gasteiger partial charge in [0.1, 0.15) is 0 Å². The molecule has 0 spiro atoms. The molecule has 0 aliphatic heterocycles. The summed E-state index contributed by atoms with van der Waals surface area (Å²) in [5.74, 6) is 0. The number of para-hydroxylation sites is 1. The average molecular weight is 283 g/mol. The number of benzene rings is 1. The molecule has 0 atom stereocenters. The summed E-state index contributed by atoms with van der Waals surface area (Å²) in [6, 6.07) is 8.11. The SMILES string of the molecule is Cc1ncsc1CNc1ccccc1Br. The number of nitrogens with one attached hydrogen (secondary N) is 1. The lowest BCUT2D eigenvalue weighted by atomic mass is 10.3. The number of rotatable bonds is 3. The summed E-state index contributed by atoms with van der Waals surface area (Å²) in [4.78, 5) is 5.50. The van der Waals surface area contributed by atoms with E-state index >= 15 is 0 Å². The molecule has 0 saturated carbocycles. The van der Waals surface area contributed by atoms with Gasteiger partial charge in [0.25, 0.3) is 0 Å². The van der Waals surface area contributed by atoms with Gasteiger partial charge < -0.3 is 5.32 Å².